The molecule has 1 aromatic heterocycles. The maximum absolute atomic E-state index is 15.1. The van der Waals surface area contributed by atoms with Crippen molar-refractivity contribution in [1.29, 1.82) is 0 Å². The standard InChI is InChI=1S/C27H22Cl2FN3O/c1-33(2)26-19-12-13-21(30)23(18-8-5-9-20(28)24(18)29)25(19)31-14-22(26)32-27(34)17-11-10-15-6-3-4-7-16(15)17/h3-9,12-14,17H,10-11H2,1-2H3,(H,32,34)/t17-/m0/s1. The molecular weight excluding hydrogens is 472 g/mol. The fraction of sp³-hybridized carbons (Fsp3) is 0.185. The quantitative estimate of drug-likeness (QED) is 0.330. The van der Waals surface area contributed by atoms with Crippen molar-refractivity contribution in [2.24, 2.45) is 0 Å². The number of halogens is 3. The molecule has 4 aromatic rings. The van der Waals surface area contributed by atoms with Gasteiger partial charge in [-0.15, -0.1) is 0 Å². The lowest BCUT2D eigenvalue weighted by atomic mass is 9.99. The van der Waals surface area contributed by atoms with Crippen LogP contribution in [0.25, 0.3) is 22.0 Å². The molecule has 1 aliphatic rings. The average Bonchev–Trinajstić information content (AvgIpc) is 3.25. The first kappa shape index (κ1) is 22.6. The lowest BCUT2D eigenvalue weighted by molar-refractivity contribution is -0.117. The van der Waals surface area contributed by atoms with Crippen LogP contribution in [0.4, 0.5) is 15.8 Å². The number of hydrogen-bond acceptors (Lipinski definition) is 3. The normalized spacial score (nSPS) is 14.8. The molecule has 3 aromatic carbocycles. The largest absolute Gasteiger partial charge is 0.375 e. The first-order valence-corrected chi connectivity index (χ1v) is 11.7. The Morgan fingerprint density at radius 3 is 2.68 bits per heavy atom. The summed E-state index contributed by atoms with van der Waals surface area (Å²) in [5, 5.41) is 4.38. The molecule has 0 unspecified atom stereocenters. The van der Waals surface area contributed by atoms with Crippen LogP contribution in [0, 0.1) is 5.82 Å². The Hall–Kier alpha value is -3.15. The maximum Gasteiger partial charge on any atom is 0.232 e. The minimum Gasteiger partial charge on any atom is -0.375 e. The molecule has 4 nitrogen and oxygen atoms in total. The van der Waals surface area contributed by atoms with E-state index < -0.39 is 5.82 Å². The number of benzene rings is 3. The third kappa shape index (κ3) is 3.79. The zero-order valence-electron chi connectivity index (χ0n) is 18.7. The predicted molar refractivity (Wildman–Crippen MR) is 138 cm³/mol. The van der Waals surface area contributed by atoms with Crippen LogP contribution in [0.3, 0.4) is 0 Å². The second-order valence-corrected chi connectivity index (χ2v) is 9.40. The van der Waals surface area contributed by atoms with Gasteiger partial charge in [0.25, 0.3) is 0 Å². The zero-order chi connectivity index (χ0) is 24.0. The SMILES string of the molecule is CN(C)c1c(NC(=O)[C@H]2CCc3ccccc32)cnc2c(-c3cccc(Cl)c3Cl)c(F)ccc12. The van der Waals surface area contributed by atoms with Crippen molar-refractivity contribution in [2.45, 2.75) is 18.8 Å². The predicted octanol–water partition coefficient (Wildman–Crippen LogP) is 7.08. The molecule has 0 saturated heterocycles. The molecule has 1 heterocycles. The van der Waals surface area contributed by atoms with E-state index in [2.05, 4.69) is 16.4 Å². The highest BCUT2D eigenvalue weighted by Gasteiger charge is 2.29. The number of rotatable bonds is 4. The third-order valence-electron chi connectivity index (χ3n) is 6.34. The fourth-order valence-electron chi connectivity index (χ4n) is 4.80. The lowest BCUT2D eigenvalue weighted by Crippen LogP contribution is -2.22. The van der Waals surface area contributed by atoms with E-state index >= 15 is 4.39 Å². The van der Waals surface area contributed by atoms with Crippen LogP contribution in [0.1, 0.15) is 23.5 Å². The van der Waals surface area contributed by atoms with E-state index in [1.165, 1.54) is 11.6 Å². The Morgan fingerprint density at radius 2 is 1.88 bits per heavy atom. The van der Waals surface area contributed by atoms with Crippen LogP contribution >= 0.6 is 23.2 Å². The molecule has 0 saturated carbocycles. The van der Waals surface area contributed by atoms with Gasteiger partial charge in [-0.05, 0) is 42.2 Å². The highest BCUT2D eigenvalue weighted by Crippen LogP contribution is 2.42. The van der Waals surface area contributed by atoms with Crippen LogP contribution < -0.4 is 10.2 Å². The summed E-state index contributed by atoms with van der Waals surface area (Å²) in [6.45, 7) is 0. The topological polar surface area (TPSA) is 45.2 Å². The first-order valence-electron chi connectivity index (χ1n) is 11.0. The van der Waals surface area contributed by atoms with Gasteiger partial charge in [0.2, 0.25) is 5.91 Å². The molecule has 172 valence electrons. The smallest absolute Gasteiger partial charge is 0.232 e. The van der Waals surface area contributed by atoms with Gasteiger partial charge < -0.3 is 10.2 Å². The summed E-state index contributed by atoms with van der Waals surface area (Å²) >= 11 is 12.6. The number of pyridine rings is 1. The molecule has 5 rings (SSSR count). The summed E-state index contributed by atoms with van der Waals surface area (Å²) in [6.07, 6.45) is 3.23. The maximum atomic E-state index is 15.1. The number of nitrogens with one attached hydrogen (secondary N) is 1. The van der Waals surface area contributed by atoms with E-state index in [-0.39, 0.29) is 22.4 Å². The van der Waals surface area contributed by atoms with Crippen LogP contribution in [-0.4, -0.2) is 25.0 Å². The van der Waals surface area contributed by atoms with Crippen LogP contribution in [0.15, 0.2) is 60.8 Å². The van der Waals surface area contributed by atoms with Gasteiger partial charge in [-0.25, -0.2) is 4.39 Å². The molecule has 1 amide bonds. The molecule has 0 fully saturated rings. The zero-order valence-corrected chi connectivity index (χ0v) is 20.2. The number of fused-ring (bicyclic) bond motifs is 2. The van der Waals surface area contributed by atoms with Gasteiger partial charge in [-0.2, -0.15) is 0 Å². The second kappa shape index (κ2) is 8.90. The van der Waals surface area contributed by atoms with E-state index in [4.69, 9.17) is 23.2 Å². The summed E-state index contributed by atoms with van der Waals surface area (Å²) in [7, 11) is 3.76. The molecule has 7 heteroatoms. The third-order valence-corrected chi connectivity index (χ3v) is 7.15. The Balaban J connectivity index is 1.61. The number of aryl methyl sites for hydroxylation is 1. The van der Waals surface area contributed by atoms with Gasteiger partial charge in [0, 0.05) is 30.6 Å². The molecule has 1 N–H and O–H groups in total. The van der Waals surface area contributed by atoms with Gasteiger partial charge in [0.1, 0.15) is 5.82 Å². The summed E-state index contributed by atoms with van der Waals surface area (Å²) in [4.78, 5) is 19.7. The Kier molecular flexibility index (Phi) is 5.92. The summed E-state index contributed by atoms with van der Waals surface area (Å²) in [5.41, 5.74) is 4.78. The number of carbonyl (C=O) groups is 1. The van der Waals surface area contributed by atoms with E-state index in [0.717, 1.165) is 24.1 Å². The number of amides is 1. The van der Waals surface area contributed by atoms with Crippen molar-refractivity contribution in [3.05, 3.63) is 87.8 Å². The van der Waals surface area contributed by atoms with E-state index in [1.807, 2.05) is 37.2 Å². The van der Waals surface area contributed by atoms with Crippen LogP contribution in [0.2, 0.25) is 10.0 Å². The first-order chi connectivity index (χ1) is 16.4. The summed E-state index contributed by atoms with van der Waals surface area (Å²) in [5.74, 6) is -0.737. The summed E-state index contributed by atoms with van der Waals surface area (Å²) in [6, 6.07) is 16.2. The number of nitrogens with zero attached hydrogens (tertiary/aromatic N) is 2. The molecular formula is C27H22Cl2FN3O. The number of hydrogen-bond donors (Lipinski definition) is 1. The van der Waals surface area contributed by atoms with Crippen molar-refractivity contribution in [1.82, 2.24) is 4.98 Å². The highest BCUT2D eigenvalue weighted by molar-refractivity contribution is 6.44. The monoisotopic (exact) mass is 493 g/mol. The Bertz CT molecular complexity index is 1440. The van der Waals surface area contributed by atoms with Gasteiger partial charge in [-0.1, -0.05) is 59.6 Å². The highest BCUT2D eigenvalue weighted by atomic mass is 35.5. The molecule has 34 heavy (non-hydrogen) atoms. The molecule has 1 aliphatic carbocycles. The van der Waals surface area contributed by atoms with Gasteiger partial charge in [0.05, 0.1) is 39.1 Å². The van der Waals surface area contributed by atoms with E-state index in [0.29, 0.717) is 27.2 Å². The fourth-order valence-corrected chi connectivity index (χ4v) is 5.20. The Labute approximate surface area is 207 Å². The van der Waals surface area contributed by atoms with Crippen molar-refractivity contribution < 1.29 is 9.18 Å². The van der Waals surface area contributed by atoms with Crippen molar-refractivity contribution in [3.8, 4) is 11.1 Å². The van der Waals surface area contributed by atoms with Crippen LogP contribution in [0.5, 0.6) is 0 Å². The number of anilines is 2. The van der Waals surface area contributed by atoms with Gasteiger partial charge >= 0.3 is 0 Å². The van der Waals surface area contributed by atoms with Crippen molar-refractivity contribution >= 4 is 51.4 Å². The second-order valence-electron chi connectivity index (χ2n) is 8.61. The van der Waals surface area contributed by atoms with E-state index in [1.54, 1.807) is 30.5 Å². The number of aromatic nitrogens is 1. The Morgan fingerprint density at radius 1 is 1.09 bits per heavy atom. The molecule has 0 radical (unpaired) electrons. The van der Waals surface area contributed by atoms with Crippen molar-refractivity contribution in [2.75, 3.05) is 24.3 Å². The summed E-state index contributed by atoms with van der Waals surface area (Å²) < 4.78 is 15.1. The van der Waals surface area contributed by atoms with Crippen LogP contribution in [-0.2, 0) is 11.2 Å². The minimum absolute atomic E-state index is 0.0746. The van der Waals surface area contributed by atoms with E-state index in [9.17, 15) is 4.79 Å². The number of carbonyl (C=O) groups excluding carboxylic acids is 1. The lowest BCUT2D eigenvalue weighted by Gasteiger charge is -2.22. The van der Waals surface area contributed by atoms with Crippen molar-refractivity contribution in [3.63, 3.8) is 0 Å². The molecule has 1 atom stereocenters. The molecule has 0 spiro atoms. The molecule has 0 aliphatic heterocycles. The van der Waals surface area contributed by atoms with Gasteiger partial charge in [-0.3, -0.25) is 9.78 Å². The minimum atomic E-state index is -0.451. The molecule has 0 bridgehead atoms. The van der Waals surface area contributed by atoms with Gasteiger partial charge in [0.15, 0.2) is 0 Å². The average molecular weight is 494 g/mol.